The molecule has 0 aromatic heterocycles. The average molecular weight is 536 g/mol. The van der Waals surface area contributed by atoms with Crippen LogP contribution in [-0.4, -0.2) is 23.9 Å². The van der Waals surface area contributed by atoms with Gasteiger partial charge < -0.3 is 4.90 Å². The summed E-state index contributed by atoms with van der Waals surface area (Å²) in [5.74, 6) is 0.443. The molecule has 38 heavy (non-hydrogen) atoms. The van der Waals surface area contributed by atoms with Crippen molar-refractivity contribution in [1.29, 1.82) is 0 Å². The molecule has 0 rings (SSSR count). The molecule has 0 saturated carbocycles. The topological polar surface area (TPSA) is 20.3 Å². The minimum atomic E-state index is 0.443. The highest BCUT2D eigenvalue weighted by molar-refractivity contribution is 5.76. The van der Waals surface area contributed by atoms with Crippen LogP contribution < -0.4 is 0 Å². The van der Waals surface area contributed by atoms with Gasteiger partial charge in [-0.3, -0.25) is 4.79 Å². The van der Waals surface area contributed by atoms with E-state index in [4.69, 9.17) is 0 Å². The number of carbonyl (C=O) groups excluding carboxylic acids is 1. The number of nitrogens with zero attached hydrogens (tertiary/aromatic N) is 1. The van der Waals surface area contributed by atoms with Crippen LogP contribution in [0.1, 0.15) is 213 Å². The Morgan fingerprint density at radius 1 is 0.342 bits per heavy atom. The van der Waals surface area contributed by atoms with Gasteiger partial charge in [-0.15, -0.1) is 0 Å². The predicted octanol–water partition coefficient (Wildman–Crippen LogP) is 12.6. The van der Waals surface area contributed by atoms with Crippen molar-refractivity contribution < 1.29 is 4.79 Å². The second-order valence-corrected chi connectivity index (χ2v) is 12.3. The van der Waals surface area contributed by atoms with E-state index in [1.165, 1.54) is 180 Å². The van der Waals surface area contributed by atoms with Crippen molar-refractivity contribution >= 4 is 5.91 Å². The van der Waals surface area contributed by atoms with Crippen molar-refractivity contribution in [3.63, 3.8) is 0 Å². The zero-order valence-electron chi connectivity index (χ0n) is 27.0. The molecule has 0 heterocycles. The van der Waals surface area contributed by atoms with Crippen LogP contribution in [0.5, 0.6) is 0 Å². The van der Waals surface area contributed by atoms with E-state index in [2.05, 4.69) is 25.7 Å². The lowest BCUT2D eigenvalue weighted by molar-refractivity contribution is -0.131. The summed E-state index contributed by atoms with van der Waals surface area (Å²) in [6.45, 7) is 8.87. The van der Waals surface area contributed by atoms with Crippen molar-refractivity contribution in [2.24, 2.45) is 0 Å². The summed E-state index contributed by atoms with van der Waals surface area (Å²) in [4.78, 5) is 15.3. The summed E-state index contributed by atoms with van der Waals surface area (Å²) in [6, 6.07) is 0. The Morgan fingerprint density at radius 2 is 0.579 bits per heavy atom. The van der Waals surface area contributed by atoms with Crippen LogP contribution in [0, 0.1) is 0 Å². The van der Waals surface area contributed by atoms with E-state index in [0.29, 0.717) is 5.91 Å². The van der Waals surface area contributed by atoms with E-state index < -0.39 is 0 Å². The first-order valence-corrected chi connectivity index (χ1v) is 18.0. The van der Waals surface area contributed by atoms with Crippen LogP contribution in [0.3, 0.4) is 0 Å². The van der Waals surface area contributed by atoms with Crippen LogP contribution in [0.4, 0.5) is 0 Å². The first kappa shape index (κ1) is 37.5. The Kier molecular flexibility index (Phi) is 32.2. The molecule has 0 aromatic rings. The van der Waals surface area contributed by atoms with E-state index in [1.54, 1.807) is 0 Å². The van der Waals surface area contributed by atoms with Gasteiger partial charge in [-0.1, -0.05) is 188 Å². The maximum absolute atomic E-state index is 13.0. The molecule has 0 unspecified atom stereocenters. The molecule has 2 heteroatoms. The Hall–Kier alpha value is -0.530. The van der Waals surface area contributed by atoms with Gasteiger partial charge >= 0.3 is 0 Å². The van der Waals surface area contributed by atoms with Crippen molar-refractivity contribution in [2.75, 3.05) is 13.1 Å². The Labute approximate surface area is 241 Å². The van der Waals surface area contributed by atoms with E-state index >= 15 is 0 Å². The highest BCUT2D eigenvalue weighted by Crippen LogP contribution is 2.15. The highest BCUT2D eigenvalue weighted by Gasteiger charge is 2.12. The number of unbranched alkanes of at least 4 members (excludes halogenated alkanes) is 26. The number of amides is 1. The smallest absolute Gasteiger partial charge is 0.222 e. The number of hydrogen-bond donors (Lipinski definition) is 0. The van der Waals surface area contributed by atoms with Crippen molar-refractivity contribution in [3.8, 4) is 0 Å². The molecule has 2 nitrogen and oxygen atoms in total. The molecule has 0 N–H and O–H groups in total. The molecular formula is C36H73NO. The van der Waals surface area contributed by atoms with E-state index in [-0.39, 0.29) is 0 Å². The molecule has 0 fully saturated rings. The largest absolute Gasteiger partial charge is 0.343 e. The normalized spacial score (nSPS) is 11.3. The Morgan fingerprint density at radius 3 is 0.868 bits per heavy atom. The van der Waals surface area contributed by atoms with Gasteiger partial charge in [0, 0.05) is 19.5 Å². The molecule has 0 bridgehead atoms. The molecule has 0 radical (unpaired) electrons. The van der Waals surface area contributed by atoms with Crippen LogP contribution in [0.15, 0.2) is 0 Å². The molecule has 0 atom stereocenters. The fraction of sp³-hybridized carbons (Fsp3) is 0.972. The van der Waals surface area contributed by atoms with Crippen molar-refractivity contribution in [1.82, 2.24) is 4.90 Å². The zero-order chi connectivity index (χ0) is 27.8. The zero-order valence-corrected chi connectivity index (χ0v) is 27.0. The quantitative estimate of drug-likeness (QED) is 0.0784. The summed E-state index contributed by atoms with van der Waals surface area (Å²) in [5.41, 5.74) is 0. The second kappa shape index (κ2) is 32.7. The molecule has 0 spiro atoms. The summed E-state index contributed by atoms with van der Waals surface area (Å²) < 4.78 is 0. The molecular weight excluding hydrogens is 462 g/mol. The minimum Gasteiger partial charge on any atom is -0.343 e. The number of rotatable bonds is 32. The lowest BCUT2D eigenvalue weighted by Gasteiger charge is -2.23. The molecule has 0 aliphatic heterocycles. The maximum atomic E-state index is 13.0. The van der Waals surface area contributed by atoms with Crippen LogP contribution in [0.2, 0.25) is 0 Å². The molecule has 0 aliphatic rings. The highest BCUT2D eigenvalue weighted by atomic mass is 16.2. The monoisotopic (exact) mass is 536 g/mol. The third-order valence-electron chi connectivity index (χ3n) is 8.41. The minimum absolute atomic E-state index is 0.443. The van der Waals surface area contributed by atoms with Gasteiger partial charge in [0.05, 0.1) is 0 Å². The lowest BCUT2D eigenvalue weighted by Crippen LogP contribution is -2.32. The summed E-state index contributed by atoms with van der Waals surface area (Å²) in [5, 5.41) is 0. The Bertz CT molecular complexity index is 429. The van der Waals surface area contributed by atoms with Gasteiger partial charge in [-0.05, 0) is 19.3 Å². The second-order valence-electron chi connectivity index (χ2n) is 12.3. The predicted molar refractivity (Wildman–Crippen MR) is 172 cm³/mol. The third-order valence-corrected chi connectivity index (χ3v) is 8.41. The number of carbonyl (C=O) groups is 1. The van der Waals surface area contributed by atoms with Crippen LogP contribution in [0.25, 0.3) is 0 Å². The fourth-order valence-corrected chi connectivity index (χ4v) is 5.69. The van der Waals surface area contributed by atoms with Gasteiger partial charge in [0.2, 0.25) is 5.91 Å². The maximum Gasteiger partial charge on any atom is 0.222 e. The van der Waals surface area contributed by atoms with Crippen LogP contribution in [-0.2, 0) is 4.79 Å². The van der Waals surface area contributed by atoms with Crippen molar-refractivity contribution in [2.45, 2.75) is 213 Å². The van der Waals surface area contributed by atoms with Gasteiger partial charge in [-0.2, -0.15) is 0 Å². The standard InChI is InChI=1S/C36H73NO/c1-4-7-10-13-16-19-20-21-22-23-24-27-30-33-36(38)37(34-31-28-25-17-14-11-8-5-2)35-32-29-26-18-15-12-9-6-3/h4-35H2,1-3H3. The summed E-state index contributed by atoms with van der Waals surface area (Å²) in [7, 11) is 0. The van der Waals surface area contributed by atoms with Gasteiger partial charge in [0.1, 0.15) is 0 Å². The molecule has 0 aromatic carbocycles. The first-order valence-electron chi connectivity index (χ1n) is 18.0. The van der Waals surface area contributed by atoms with Gasteiger partial charge in [0.25, 0.3) is 0 Å². The fourth-order valence-electron chi connectivity index (χ4n) is 5.69. The first-order chi connectivity index (χ1) is 18.8. The molecule has 0 saturated heterocycles. The lowest BCUT2D eigenvalue weighted by atomic mass is 10.0. The van der Waals surface area contributed by atoms with E-state index in [0.717, 1.165) is 25.9 Å². The molecule has 1 amide bonds. The summed E-state index contributed by atoms with van der Waals surface area (Å²) >= 11 is 0. The van der Waals surface area contributed by atoms with Crippen LogP contribution >= 0.6 is 0 Å². The van der Waals surface area contributed by atoms with E-state index in [9.17, 15) is 4.79 Å². The summed E-state index contributed by atoms with van der Waals surface area (Å²) in [6.07, 6.45) is 40.1. The Balaban J connectivity index is 3.97. The third kappa shape index (κ3) is 28.5. The SMILES string of the molecule is CCCCCCCCCCCCCCCC(=O)N(CCCCCCCCCC)CCCCCCCCCC. The van der Waals surface area contributed by atoms with Gasteiger partial charge in [0.15, 0.2) is 0 Å². The average Bonchev–Trinajstić information content (AvgIpc) is 2.92. The van der Waals surface area contributed by atoms with Crippen molar-refractivity contribution in [3.05, 3.63) is 0 Å². The van der Waals surface area contributed by atoms with Gasteiger partial charge in [-0.25, -0.2) is 0 Å². The molecule has 0 aliphatic carbocycles. The van der Waals surface area contributed by atoms with E-state index in [1.807, 2.05) is 0 Å². The molecule has 228 valence electrons. The number of hydrogen-bond acceptors (Lipinski definition) is 1.